The molecule has 1 atom stereocenters. The number of benzene rings is 1. The van der Waals surface area contributed by atoms with Crippen molar-refractivity contribution in [2.75, 3.05) is 38.1 Å². The van der Waals surface area contributed by atoms with Gasteiger partial charge < -0.3 is 19.5 Å². The Morgan fingerprint density at radius 2 is 1.93 bits per heavy atom. The van der Waals surface area contributed by atoms with Crippen LogP contribution in [-0.4, -0.2) is 59.7 Å². The Morgan fingerprint density at radius 3 is 2.60 bits per heavy atom. The molecule has 0 spiro atoms. The van der Waals surface area contributed by atoms with E-state index in [0.717, 1.165) is 12.0 Å². The van der Waals surface area contributed by atoms with Gasteiger partial charge in [-0.25, -0.2) is 4.79 Å². The van der Waals surface area contributed by atoms with E-state index in [2.05, 4.69) is 15.4 Å². The van der Waals surface area contributed by atoms with E-state index in [1.54, 1.807) is 17.9 Å². The van der Waals surface area contributed by atoms with Gasteiger partial charge in [0.1, 0.15) is 11.8 Å². The van der Waals surface area contributed by atoms with Gasteiger partial charge in [0.05, 0.1) is 6.61 Å². The van der Waals surface area contributed by atoms with Gasteiger partial charge in [-0.15, -0.1) is 0 Å². The molecule has 8 heteroatoms. The van der Waals surface area contributed by atoms with Crippen LogP contribution in [0.1, 0.15) is 37.6 Å². The third-order valence-corrected chi connectivity index (χ3v) is 4.94. The number of nitrogens with zero attached hydrogens (tertiary/aromatic N) is 3. The number of ether oxygens (including phenoxy) is 1. The first-order chi connectivity index (χ1) is 14.4. The van der Waals surface area contributed by atoms with Crippen LogP contribution < -0.4 is 5.32 Å². The maximum atomic E-state index is 13.2. The Labute approximate surface area is 177 Å². The maximum Gasteiger partial charge on any atom is 0.409 e. The summed E-state index contributed by atoms with van der Waals surface area (Å²) in [7, 11) is 0. The van der Waals surface area contributed by atoms with Crippen LogP contribution in [0.4, 0.5) is 10.6 Å². The highest BCUT2D eigenvalue weighted by Crippen LogP contribution is 2.24. The van der Waals surface area contributed by atoms with Crippen LogP contribution in [0.5, 0.6) is 0 Å². The summed E-state index contributed by atoms with van der Waals surface area (Å²) in [6.45, 7) is 8.59. The van der Waals surface area contributed by atoms with Crippen molar-refractivity contribution in [2.24, 2.45) is 5.92 Å². The number of nitrogens with one attached hydrogen (secondary N) is 1. The fraction of sp³-hybridized carbons (Fsp3) is 0.500. The standard InChI is InChI=1S/C22H30N4O4/c1-16(2)15-29-22(28)26-11-7-10-25(12-13-26)20(18-8-5-4-6-9-18)21(27)23-19-14-17(3)30-24-19/h4-6,8-9,14,16,20H,7,10-13,15H2,1-3H3,(H,23,24,27). The van der Waals surface area contributed by atoms with Gasteiger partial charge in [-0.1, -0.05) is 49.3 Å². The molecule has 162 valence electrons. The summed E-state index contributed by atoms with van der Waals surface area (Å²) in [5.41, 5.74) is 0.894. The van der Waals surface area contributed by atoms with E-state index in [9.17, 15) is 9.59 Å². The molecule has 0 saturated carbocycles. The molecular formula is C22H30N4O4. The molecule has 0 radical (unpaired) electrons. The lowest BCUT2D eigenvalue weighted by molar-refractivity contribution is -0.121. The van der Waals surface area contributed by atoms with Crippen molar-refractivity contribution >= 4 is 17.8 Å². The fourth-order valence-electron chi connectivity index (χ4n) is 3.49. The first-order valence-corrected chi connectivity index (χ1v) is 10.4. The summed E-state index contributed by atoms with van der Waals surface area (Å²) in [5, 5.41) is 6.73. The van der Waals surface area contributed by atoms with E-state index >= 15 is 0 Å². The molecule has 3 rings (SSSR count). The molecule has 1 aliphatic rings. The normalized spacial score (nSPS) is 16.2. The zero-order valence-electron chi connectivity index (χ0n) is 17.8. The molecule has 0 bridgehead atoms. The van der Waals surface area contributed by atoms with Crippen molar-refractivity contribution < 1.29 is 18.8 Å². The number of aryl methyl sites for hydroxylation is 1. The highest BCUT2D eigenvalue weighted by atomic mass is 16.6. The van der Waals surface area contributed by atoms with Crippen LogP contribution in [0.3, 0.4) is 0 Å². The highest BCUT2D eigenvalue weighted by Gasteiger charge is 2.31. The number of hydrogen-bond acceptors (Lipinski definition) is 6. The summed E-state index contributed by atoms with van der Waals surface area (Å²) in [5.74, 6) is 1.15. The number of carbonyl (C=O) groups excluding carboxylic acids is 2. The number of amides is 2. The minimum absolute atomic E-state index is 0.176. The maximum absolute atomic E-state index is 13.2. The summed E-state index contributed by atoms with van der Waals surface area (Å²) >= 11 is 0. The van der Waals surface area contributed by atoms with Crippen molar-refractivity contribution in [1.82, 2.24) is 15.0 Å². The smallest absolute Gasteiger partial charge is 0.409 e. The number of anilines is 1. The van der Waals surface area contributed by atoms with E-state index in [1.165, 1.54) is 0 Å². The molecule has 1 fully saturated rings. The summed E-state index contributed by atoms with van der Waals surface area (Å²) in [4.78, 5) is 29.4. The van der Waals surface area contributed by atoms with Crippen molar-refractivity contribution in [2.45, 2.75) is 33.2 Å². The summed E-state index contributed by atoms with van der Waals surface area (Å²) in [6, 6.07) is 10.8. The van der Waals surface area contributed by atoms with Gasteiger partial charge in [0.25, 0.3) is 0 Å². The largest absolute Gasteiger partial charge is 0.449 e. The van der Waals surface area contributed by atoms with E-state index < -0.39 is 6.04 Å². The minimum Gasteiger partial charge on any atom is -0.449 e. The molecular weight excluding hydrogens is 384 g/mol. The third kappa shape index (κ3) is 5.82. The van der Waals surface area contributed by atoms with Gasteiger partial charge in [-0.2, -0.15) is 0 Å². The van der Waals surface area contributed by atoms with Gasteiger partial charge in [-0.3, -0.25) is 9.69 Å². The highest BCUT2D eigenvalue weighted by molar-refractivity contribution is 5.94. The van der Waals surface area contributed by atoms with Gasteiger partial charge in [-0.05, 0) is 24.8 Å². The van der Waals surface area contributed by atoms with Crippen LogP contribution in [0.25, 0.3) is 0 Å². The second-order valence-corrected chi connectivity index (χ2v) is 7.97. The molecule has 1 N–H and O–H groups in total. The predicted molar refractivity (Wildman–Crippen MR) is 113 cm³/mol. The van der Waals surface area contributed by atoms with Crippen molar-refractivity contribution in [3.63, 3.8) is 0 Å². The average molecular weight is 415 g/mol. The average Bonchev–Trinajstić information content (AvgIpc) is 2.98. The van der Waals surface area contributed by atoms with Crippen LogP contribution in [0, 0.1) is 12.8 Å². The second kappa shape index (κ2) is 10.2. The number of aromatic nitrogens is 1. The van der Waals surface area contributed by atoms with Gasteiger partial charge in [0.2, 0.25) is 5.91 Å². The lowest BCUT2D eigenvalue weighted by Gasteiger charge is -2.29. The first-order valence-electron chi connectivity index (χ1n) is 10.4. The Kier molecular flexibility index (Phi) is 7.46. The van der Waals surface area contributed by atoms with E-state index in [-0.39, 0.29) is 12.0 Å². The molecule has 8 nitrogen and oxygen atoms in total. The van der Waals surface area contributed by atoms with Gasteiger partial charge >= 0.3 is 6.09 Å². The molecule has 30 heavy (non-hydrogen) atoms. The second-order valence-electron chi connectivity index (χ2n) is 7.97. The fourth-order valence-corrected chi connectivity index (χ4v) is 3.49. The van der Waals surface area contributed by atoms with Crippen molar-refractivity contribution in [3.8, 4) is 0 Å². The molecule has 1 unspecified atom stereocenters. The van der Waals surface area contributed by atoms with Gasteiger partial charge in [0, 0.05) is 32.2 Å². The Morgan fingerprint density at radius 1 is 1.17 bits per heavy atom. The van der Waals surface area contributed by atoms with Crippen LogP contribution in [0.15, 0.2) is 40.9 Å². The minimum atomic E-state index is -0.491. The zero-order chi connectivity index (χ0) is 21.5. The first kappa shape index (κ1) is 21.8. The zero-order valence-corrected chi connectivity index (χ0v) is 17.8. The molecule has 2 aromatic rings. The topological polar surface area (TPSA) is 87.9 Å². The number of carbonyl (C=O) groups is 2. The number of hydrogen-bond donors (Lipinski definition) is 1. The molecule has 1 aliphatic heterocycles. The Hall–Kier alpha value is -2.87. The third-order valence-electron chi connectivity index (χ3n) is 4.94. The predicted octanol–water partition coefficient (Wildman–Crippen LogP) is 3.46. The van der Waals surface area contributed by atoms with E-state index in [1.807, 2.05) is 44.2 Å². The lowest BCUT2D eigenvalue weighted by atomic mass is 10.0. The summed E-state index contributed by atoms with van der Waals surface area (Å²) < 4.78 is 10.4. The lowest BCUT2D eigenvalue weighted by Crippen LogP contribution is -2.40. The Balaban J connectivity index is 1.72. The van der Waals surface area contributed by atoms with E-state index in [4.69, 9.17) is 9.26 Å². The molecule has 0 aliphatic carbocycles. The van der Waals surface area contributed by atoms with Gasteiger partial charge in [0.15, 0.2) is 5.82 Å². The summed E-state index contributed by atoms with van der Waals surface area (Å²) in [6.07, 6.45) is 0.473. The van der Waals surface area contributed by atoms with Crippen molar-refractivity contribution in [3.05, 3.63) is 47.7 Å². The van der Waals surface area contributed by atoms with Crippen LogP contribution in [-0.2, 0) is 9.53 Å². The molecule has 1 saturated heterocycles. The van der Waals surface area contributed by atoms with Crippen LogP contribution >= 0.6 is 0 Å². The van der Waals surface area contributed by atoms with E-state index in [0.29, 0.717) is 50.3 Å². The van der Waals surface area contributed by atoms with Crippen LogP contribution in [0.2, 0.25) is 0 Å². The Bertz CT molecular complexity index is 837. The molecule has 2 amide bonds. The molecule has 2 heterocycles. The van der Waals surface area contributed by atoms with Crippen molar-refractivity contribution in [1.29, 1.82) is 0 Å². The molecule has 1 aromatic heterocycles. The monoisotopic (exact) mass is 414 g/mol. The molecule has 1 aromatic carbocycles. The SMILES string of the molecule is Cc1cc(NC(=O)C(c2ccccc2)N2CCCN(C(=O)OCC(C)C)CC2)no1. The number of rotatable bonds is 6. The quantitative estimate of drug-likeness (QED) is 0.779.